The van der Waals surface area contributed by atoms with Gasteiger partial charge >= 0.3 is 5.97 Å². The highest BCUT2D eigenvalue weighted by Gasteiger charge is 2.25. The molecule has 3 N–H and O–H groups in total. The molecule has 0 unspecified atom stereocenters. The minimum absolute atomic E-state index is 0.0455. The molecular formula is C17H34O6. The molecule has 0 heterocycles. The van der Waals surface area contributed by atoms with Gasteiger partial charge in [-0.15, -0.1) is 0 Å². The average molecular weight is 334 g/mol. The predicted molar refractivity (Wildman–Crippen MR) is 88.1 cm³/mol. The van der Waals surface area contributed by atoms with E-state index in [9.17, 15) is 20.1 Å². The Kier molecular flexibility index (Phi) is 14.4. The maximum Gasteiger partial charge on any atom is 0.305 e. The van der Waals surface area contributed by atoms with Gasteiger partial charge in [0.1, 0.15) is 24.9 Å². The second-order valence-electron chi connectivity index (χ2n) is 5.90. The number of rotatable bonds is 15. The molecule has 0 saturated heterocycles. The molecule has 0 fully saturated rings. The van der Waals surface area contributed by atoms with E-state index in [1.54, 1.807) is 0 Å². The average Bonchev–Trinajstić information content (AvgIpc) is 2.54. The number of hydrogen-bond acceptors (Lipinski definition) is 6. The third-order valence-corrected chi connectivity index (χ3v) is 3.59. The van der Waals surface area contributed by atoms with Gasteiger partial charge in [-0.05, 0) is 12.8 Å². The summed E-state index contributed by atoms with van der Waals surface area (Å²) in [4.78, 5) is 11.2. The third kappa shape index (κ3) is 12.4. The number of carbonyl (C=O) groups excluding carboxylic acids is 1. The van der Waals surface area contributed by atoms with Crippen LogP contribution in [0.15, 0.2) is 0 Å². The quantitative estimate of drug-likeness (QED) is 0.312. The van der Waals surface area contributed by atoms with Crippen LogP contribution in [0.4, 0.5) is 0 Å². The summed E-state index contributed by atoms with van der Waals surface area (Å²) in [7, 11) is 0. The Hall–Kier alpha value is -0.690. The van der Waals surface area contributed by atoms with Crippen molar-refractivity contribution in [2.75, 3.05) is 19.8 Å². The van der Waals surface area contributed by atoms with Crippen LogP contribution in [0.25, 0.3) is 0 Å². The molecule has 0 bridgehead atoms. The smallest absolute Gasteiger partial charge is 0.305 e. The van der Waals surface area contributed by atoms with Gasteiger partial charge < -0.3 is 24.8 Å². The van der Waals surface area contributed by atoms with E-state index in [1.807, 2.05) is 6.92 Å². The first kappa shape index (κ1) is 22.3. The molecule has 0 saturated carbocycles. The highest BCUT2D eigenvalue weighted by molar-refractivity contribution is 5.69. The summed E-state index contributed by atoms with van der Waals surface area (Å²) >= 11 is 0. The van der Waals surface area contributed by atoms with Gasteiger partial charge in [-0.1, -0.05) is 46.0 Å². The van der Waals surface area contributed by atoms with Crippen LogP contribution in [0.2, 0.25) is 0 Å². The van der Waals surface area contributed by atoms with Gasteiger partial charge in [0.25, 0.3) is 0 Å². The molecule has 0 aromatic rings. The van der Waals surface area contributed by atoms with E-state index >= 15 is 0 Å². The Morgan fingerprint density at radius 3 is 2.13 bits per heavy atom. The van der Waals surface area contributed by atoms with Crippen LogP contribution in [-0.2, 0) is 14.3 Å². The lowest BCUT2D eigenvalue weighted by molar-refractivity contribution is -0.153. The summed E-state index contributed by atoms with van der Waals surface area (Å²) in [6.07, 6.45) is 3.93. The normalized spacial score (nSPS) is 15.2. The molecule has 0 amide bonds. The highest BCUT2D eigenvalue weighted by atomic mass is 16.5. The Bertz CT molecular complexity index is 284. The van der Waals surface area contributed by atoms with E-state index in [-0.39, 0.29) is 19.6 Å². The number of ether oxygens (including phenoxy) is 2. The zero-order valence-electron chi connectivity index (χ0n) is 14.6. The van der Waals surface area contributed by atoms with E-state index < -0.39 is 24.3 Å². The van der Waals surface area contributed by atoms with Crippen molar-refractivity contribution in [3.63, 3.8) is 0 Å². The summed E-state index contributed by atoms with van der Waals surface area (Å²) in [6.45, 7) is 4.18. The van der Waals surface area contributed by atoms with Gasteiger partial charge in [0.2, 0.25) is 0 Å². The zero-order valence-corrected chi connectivity index (χ0v) is 14.6. The second-order valence-corrected chi connectivity index (χ2v) is 5.90. The van der Waals surface area contributed by atoms with Gasteiger partial charge in [0, 0.05) is 13.0 Å². The van der Waals surface area contributed by atoms with E-state index in [2.05, 4.69) is 6.92 Å². The maximum absolute atomic E-state index is 11.2. The minimum atomic E-state index is -1.39. The number of hydrogen-bond donors (Lipinski definition) is 3. The van der Waals surface area contributed by atoms with Crippen LogP contribution in [-0.4, -0.2) is 59.4 Å². The molecule has 0 aliphatic carbocycles. The van der Waals surface area contributed by atoms with Crippen molar-refractivity contribution in [1.29, 1.82) is 0 Å². The fraction of sp³-hybridized carbons (Fsp3) is 0.941. The molecule has 3 atom stereocenters. The molecule has 0 spiro atoms. The zero-order chi connectivity index (χ0) is 17.5. The fourth-order valence-electron chi connectivity index (χ4n) is 2.10. The van der Waals surface area contributed by atoms with Gasteiger partial charge in [-0.25, -0.2) is 0 Å². The van der Waals surface area contributed by atoms with Crippen LogP contribution in [0, 0.1) is 0 Å². The molecule has 0 aliphatic rings. The summed E-state index contributed by atoms with van der Waals surface area (Å²) in [5, 5.41) is 29.2. The Morgan fingerprint density at radius 1 is 0.870 bits per heavy atom. The summed E-state index contributed by atoms with van der Waals surface area (Å²) in [5.41, 5.74) is 0. The van der Waals surface area contributed by atoms with Crippen LogP contribution in [0.1, 0.15) is 65.2 Å². The molecule has 6 nitrogen and oxygen atoms in total. The minimum Gasteiger partial charge on any atom is -0.463 e. The predicted octanol–water partition coefficient (Wildman–Crippen LogP) is 1.79. The van der Waals surface area contributed by atoms with Crippen LogP contribution in [0.3, 0.4) is 0 Å². The van der Waals surface area contributed by atoms with Crippen molar-refractivity contribution in [2.24, 2.45) is 0 Å². The summed E-state index contributed by atoms with van der Waals surface area (Å²) in [6, 6.07) is 0. The molecule has 6 heteroatoms. The monoisotopic (exact) mass is 334 g/mol. The lowest BCUT2D eigenvalue weighted by Gasteiger charge is -2.22. The standard InChI is InChI=1S/C17H34O6/c1-3-5-6-7-8-9-11-22-12-14(18)17(21)15(19)13-23-16(20)10-4-2/h14-15,17-19,21H,3-13H2,1-2H3/t14-,15+,17+/m0/s1. The van der Waals surface area contributed by atoms with Gasteiger partial charge in [-0.3, -0.25) is 4.79 Å². The highest BCUT2D eigenvalue weighted by Crippen LogP contribution is 2.06. The number of carbonyl (C=O) groups is 1. The fourth-order valence-corrected chi connectivity index (χ4v) is 2.10. The molecule has 23 heavy (non-hydrogen) atoms. The number of aliphatic hydroxyl groups excluding tert-OH is 3. The molecular weight excluding hydrogens is 300 g/mol. The number of unbranched alkanes of at least 4 members (excludes halogenated alkanes) is 5. The van der Waals surface area contributed by atoms with Crippen LogP contribution >= 0.6 is 0 Å². The van der Waals surface area contributed by atoms with E-state index in [1.165, 1.54) is 25.7 Å². The first-order chi connectivity index (χ1) is 11.0. The van der Waals surface area contributed by atoms with Crippen molar-refractivity contribution < 1.29 is 29.6 Å². The third-order valence-electron chi connectivity index (χ3n) is 3.59. The number of aliphatic hydroxyl groups is 3. The first-order valence-electron chi connectivity index (χ1n) is 8.80. The second kappa shape index (κ2) is 14.9. The Balaban J connectivity index is 3.67. The van der Waals surface area contributed by atoms with Crippen molar-refractivity contribution in [3.05, 3.63) is 0 Å². The van der Waals surface area contributed by atoms with Crippen molar-refractivity contribution in [3.8, 4) is 0 Å². The van der Waals surface area contributed by atoms with Crippen molar-refractivity contribution in [2.45, 2.75) is 83.5 Å². The van der Waals surface area contributed by atoms with Crippen LogP contribution in [0.5, 0.6) is 0 Å². The maximum atomic E-state index is 11.2. The van der Waals surface area contributed by atoms with Crippen molar-refractivity contribution >= 4 is 5.97 Å². The van der Waals surface area contributed by atoms with Gasteiger partial charge in [0.05, 0.1) is 6.61 Å². The first-order valence-corrected chi connectivity index (χ1v) is 8.80. The Labute approximate surface area is 139 Å². The van der Waals surface area contributed by atoms with E-state index in [4.69, 9.17) is 9.47 Å². The largest absolute Gasteiger partial charge is 0.463 e. The molecule has 0 aromatic carbocycles. The van der Waals surface area contributed by atoms with E-state index in [0.717, 1.165) is 12.8 Å². The van der Waals surface area contributed by atoms with Gasteiger partial charge in [0.15, 0.2) is 0 Å². The Morgan fingerprint density at radius 2 is 1.48 bits per heavy atom. The van der Waals surface area contributed by atoms with Crippen molar-refractivity contribution in [1.82, 2.24) is 0 Å². The lowest BCUT2D eigenvalue weighted by Crippen LogP contribution is -2.42. The summed E-state index contributed by atoms with van der Waals surface area (Å²) in [5.74, 6) is -0.424. The van der Waals surface area contributed by atoms with Gasteiger partial charge in [-0.2, -0.15) is 0 Å². The SMILES string of the molecule is CCCCCCCCOC[C@H](O)[C@@H](O)[C@H](O)COC(=O)CCC. The molecule has 138 valence electrons. The molecule has 0 aliphatic heterocycles. The summed E-state index contributed by atoms with van der Waals surface area (Å²) < 4.78 is 10.1. The molecule has 0 rings (SSSR count). The van der Waals surface area contributed by atoms with Crippen LogP contribution < -0.4 is 0 Å². The topological polar surface area (TPSA) is 96.2 Å². The lowest BCUT2D eigenvalue weighted by atomic mass is 10.1. The number of esters is 1. The molecule has 0 aromatic heterocycles. The van der Waals surface area contributed by atoms with E-state index in [0.29, 0.717) is 13.0 Å². The molecule has 0 radical (unpaired) electrons.